The molecule has 0 fully saturated rings. The van der Waals surface area contributed by atoms with Gasteiger partial charge in [-0.05, 0) is 25.1 Å². The zero-order valence-corrected chi connectivity index (χ0v) is 12.0. The third-order valence-corrected chi connectivity index (χ3v) is 3.29. The highest BCUT2D eigenvalue weighted by atomic mass is 35.5. The van der Waals surface area contributed by atoms with E-state index in [4.69, 9.17) is 27.9 Å². The maximum Gasteiger partial charge on any atom is 0.139 e. The monoisotopic (exact) mass is 296 g/mol. The largest absolute Gasteiger partial charge is 0.487 e. The predicted octanol–water partition coefficient (Wildman–Crippen LogP) is 4.40. The molecule has 0 saturated carbocycles. The fourth-order valence-electron chi connectivity index (χ4n) is 1.55. The molecule has 0 saturated heterocycles. The number of anilines is 1. The van der Waals surface area contributed by atoms with Crippen molar-refractivity contribution in [2.24, 2.45) is 0 Å². The SMILES string of the molecule is CCNc1ccc(COc2cccc(Cl)c2Cl)cn1. The molecule has 5 heteroatoms. The minimum absolute atomic E-state index is 0.402. The quantitative estimate of drug-likeness (QED) is 0.888. The van der Waals surface area contributed by atoms with Gasteiger partial charge in [0.2, 0.25) is 0 Å². The molecule has 0 bridgehead atoms. The van der Waals surface area contributed by atoms with Gasteiger partial charge in [0, 0.05) is 18.3 Å². The van der Waals surface area contributed by atoms with E-state index in [1.54, 1.807) is 24.4 Å². The highest BCUT2D eigenvalue weighted by molar-refractivity contribution is 6.42. The van der Waals surface area contributed by atoms with E-state index >= 15 is 0 Å². The maximum atomic E-state index is 6.04. The summed E-state index contributed by atoms with van der Waals surface area (Å²) in [5, 5.41) is 4.05. The molecule has 0 radical (unpaired) electrons. The van der Waals surface area contributed by atoms with Crippen molar-refractivity contribution in [1.29, 1.82) is 0 Å². The molecule has 1 aromatic heterocycles. The van der Waals surface area contributed by atoms with Gasteiger partial charge in [-0.25, -0.2) is 4.98 Å². The molecule has 1 aromatic carbocycles. The maximum absolute atomic E-state index is 6.04. The number of nitrogens with zero attached hydrogens (tertiary/aromatic N) is 1. The molecule has 0 aliphatic rings. The van der Waals surface area contributed by atoms with Crippen molar-refractivity contribution >= 4 is 29.0 Å². The summed E-state index contributed by atoms with van der Waals surface area (Å²) >= 11 is 12.0. The lowest BCUT2D eigenvalue weighted by Gasteiger charge is -2.09. The Bertz CT molecular complexity index is 544. The van der Waals surface area contributed by atoms with E-state index in [9.17, 15) is 0 Å². The number of ether oxygens (including phenoxy) is 1. The lowest BCUT2D eigenvalue weighted by Crippen LogP contribution is -2.01. The first-order valence-corrected chi connectivity index (χ1v) is 6.72. The van der Waals surface area contributed by atoms with Crippen LogP contribution in [0.5, 0.6) is 5.75 Å². The smallest absolute Gasteiger partial charge is 0.139 e. The minimum Gasteiger partial charge on any atom is -0.487 e. The highest BCUT2D eigenvalue weighted by Crippen LogP contribution is 2.31. The summed E-state index contributed by atoms with van der Waals surface area (Å²) in [6.45, 7) is 3.28. The molecule has 2 rings (SSSR count). The van der Waals surface area contributed by atoms with Crippen molar-refractivity contribution in [3.05, 3.63) is 52.1 Å². The molecule has 0 spiro atoms. The number of hydrogen-bond donors (Lipinski definition) is 1. The fourth-order valence-corrected chi connectivity index (χ4v) is 1.90. The van der Waals surface area contributed by atoms with E-state index in [2.05, 4.69) is 10.3 Å². The van der Waals surface area contributed by atoms with Gasteiger partial charge in [-0.1, -0.05) is 35.3 Å². The average molecular weight is 297 g/mol. The van der Waals surface area contributed by atoms with E-state index in [0.29, 0.717) is 22.4 Å². The summed E-state index contributed by atoms with van der Waals surface area (Å²) in [6, 6.07) is 9.19. The lowest BCUT2D eigenvalue weighted by molar-refractivity contribution is 0.306. The summed E-state index contributed by atoms with van der Waals surface area (Å²) in [5.74, 6) is 1.43. The van der Waals surface area contributed by atoms with Crippen LogP contribution in [-0.2, 0) is 6.61 Å². The van der Waals surface area contributed by atoms with Gasteiger partial charge in [0.15, 0.2) is 0 Å². The second-order valence-corrected chi connectivity index (χ2v) is 4.71. The molecule has 0 amide bonds. The number of rotatable bonds is 5. The van der Waals surface area contributed by atoms with E-state index in [1.165, 1.54) is 0 Å². The van der Waals surface area contributed by atoms with Gasteiger partial charge in [-0.2, -0.15) is 0 Å². The summed E-state index contributed by atoms with van der Waals surface area (Å²) in [6.07, 6.45) is 1.77. The molecular formula is C14H14Cl2N2O. The molecule has 0 aliphatic carbocycles. The standard InChI is InChI=1S/C14H14Cl2N2O/c1-2-17-13-7-6-10(8-18-13)9-19-12-5-3-4-11(15)14(12)16/h3-8H,2,9H2,1H3,(H,17,18). The Labute approximate surface area is 122 Å². The van der Waals surface area contributed by atoms with Crippen LogP contribution in [-0.4, -0.2) is 11.5 Å². The zero-order valence-electron chi connectivity index (χ0n) is 10.5. The molecule has 1 heterocycles. The number of nitrogens with one attached hydrogen (secondary N) is 1. The summed E-state index contributed by atoms with van der Waals surface area (Å²) in [4.78, 5) is 4.27. The van der Waals surface area contributed by atoms with Gasteiger partial charge in [0.1, 0.15) is 23.2 Å². The van der Waals surface area contributed by atoms with Gasteiger partial charge >= 0.3 is 0 Å². The van der Waals surface area contributed by atoms with Gasteiger partial charge < -0.3 is 10.1 Å². The Morgan fingerprint density at radius 1 is 1.21 bits per heavy atom. The summed E-state index contributed by atoms with van der Waals surface area (Å²) < 4.78 is 5.63. The van der Waals surface area contributed by atoms with E-state index < -0.39 is 0 Å². The Morgan fingerprint density at radius 3 is 2.74 bits per heavy atom. The Morgan fingerprint density at radius 2 is 2.05 bits per heavy atom. The molecule has 19 heavy (non-hydrogen) atoms. The first-order chi connectivity index (χ1) is 9.20. The van der Waals surface area contributed by atoms with E-state index in [-0.39, 0.29) is 0 Å². The third kappa shape index (κ3) is 3.75. The second-order valence-electron chi connectivity index (χ2n) is 3.92. The molecule has 2 aromatic rings. The summed E-state index contributed by atoms with van der Waals surface area (Å²) in [7, 11) is 0. The predicted molar refractivity (Wildman–Crippen MR) is 79.2 cm³/mol. The molecule has 0 unspecified atom stereocenters. The number of benzene rings is 1. The average Bonchev–Trinajstić information content (AvgIpc) is 2.42. The van der Waals surface area contributed by atoms with Crippen LogP contribution in [0.2, 0.25) is 10.0 Å². The molecule has 100 valence electrons. The van der Waals surface area contributed by atoms with Crippen LogP contribution in [0.3, 0.4) is 0 Å². The number of halogens is 2. The van der Waals surface area contributed by atoms with Crippen molar-refractivity contribution in [2.75, 3.05) is 11.9 Å². The summed E-state index contributed by atoms with van der Waals surface area (Å²) in [5.41, 5.74) is 0.970. The first kappa shape index (κ1) is 14.0. The Hall–Kier alpha value is -1.45. The van der Waals surface area contributed by atoms with Gasteiger partial charge in [-0.15, -0.1) is 0 Å². The molecular weight excluding hydrogens is 283 g/mol. The van der Waals surface area contributed by atoms with Crippen LogP contribution in [0.1, 0.15) is 12.5 Å². The zero-order chi connectivity index (χ0) is 13.7. The lowest BCUT2D eigenvalue weighted by atomic mass is 10.3. The molecule has 1 N–H and O–H groups in total. The fraction of sp³-hybridized carbons (Fsp3) is 0.214. The van der Waals surface area contributed by atoms with Crippen molar-refractivity contribution in [2.45, 2.75) is 13.5 Å². The van der Waals surface area contributed by atoms with Crippen molar-refractivity contribution in [3.63, 3.8) is 0 Å². The first-order valence-electron chi connectivity index (χ1n) is 5.96. The van der Waals surface area contributed by atoms with E-state index in [1.807, 2.05) is 19.1 Å². The van der Waals surface area contributed by atoms with Crippen molar-refractivity contribution < 1.29 is 4.74 Å². The van der Waals surface area contributed by atoms with Crippen molar-refractivity contribution in [1.82, 2.24) is 4.98 Å². The van der Waals surface area contributed by atoms with Crippen LogP contribution < -0.4 is 10.1 Å². The molecule has 0 aliphatic heterocycles. The van der Waals surface area contributed by atoms with Gasteiger partial charge in [-0.3, -0.25) is 0 Å². The van der Waals surface area contributed by atoms with Gasteiger partial charge in [0.25, 0.3) is 0 Å². The number of pyridine rings is 1. The molecule has 0 atom stereocenters. The highest BCUT2D eigenvalue weighted by Gasteiger charge is 2.05. The number of hydrogen-bond acceptors (Lipinski definition) is 3. The number of aromatic nitrogens is 1. The molecule has 3 nitrogen and oxygen atoms in total. The van der Waals surface area contributed by atoms with Crippen LogP contribution in [0.15, 0.2) is 36.5 Å². The van der Waals surface area contributed by atoms with E-state index in [0.717, 1.165) is 17.9 Å². The topological polar surface area (TPSA) is 34.1 Å². The van der Waals surface area contributed by atoms with Crippen LogP contribution >= 0.6 is 23.2 Å². The Balaban J connectivity index is 2.00. The normalized spacial score (nSPS) is 10.3. The van der Waals surface area contributed by atoms with Crippen LogP contribution in [0.25, 0.3) is 0 Å². The van der Waals surface area contributed by atoms with Gasteiger partial charge in [0.05, 0.1) is 5.02 Å². The minimum atomic E-state index is 0.402. The Kier molecular flexibility index (Phi) is 4.88. The van der Waals surface area contributed by atoms with Crippen LogP contribution in [0.4, 0.5) is 5.82 Å². The third-order valence-electron chi connectivity index (χ3n) is 2.49. The van der Waals surface area contributed by atoms with Crippen LogP contribution in [0, 0.1) is 0 Å². The second kappa shape index (κ2) is 6.64. The van der Waals surface area contributed by atoms with Crippen molar-refractivity contribution in [3.8, 4) is 5.75 Å².